The highest BCUT2D eigenvalue weighted by Gasteiger charge is 2.10. The van der Waals surface area contributed by atoms with Crippen LogP contribution < -0.4 is 15.4 Å². The maximum Gasteiger partial charge on any atom is 0.513 e. The van der Waals surface area contributed by atoms with Crippen LogP contribution >= 0.6 is 0 Å². The van der Waals surface area contributed by atoms with Gasteiger partial charge < -0.3 is 20.1 Å². The van der Waals surface area contributed by atoms with Crippen LogP contribution in [0.5, 0.6) is 5.75 Å². The second-order valence-corrected chi connectivity index (χ2v) is 7.55. The first-order valence-electron chi connectivity index (χ1n) is 10.9. The van der Waals surface area contributed by atoms with Crippen molar-refractivity contribution in [2.45, 2.75) is 45.6 Å². The summed E-state index contributed by atoms with van der Waals surface area (Å²) in [5.74, 6) is -0.0849. The Bertz CT molecular complexity index is 974. The zero-order chi connectivity index (χ0) is 22.8. The van der Waals surface area contributed by atoms with Crippen molar-refractivity contribution in [1.29, 1.82) is 0 Å². The van der Waals surface area contributed by atoms with Crippen molar-refractivity contribution < 1.29 is 23.9 Å². The smallest absolute Gasteiger partial charge is 0.434 e. The second kappa shape index (κ2) is 11.7. The van der Waals surface area contributed by atoms with Crippen LogP contribution in [0.15, 0.2) is 60.2 Å². The lowest BCUT2D eigenvalue weighted by atomic mass is 9.94. The molecule has 7 nitrogen and oxygen atoms in total. The number of carbonyl (C=O) groups excluding carboxylic acids is 3. The Hall–Kier alpha value is -3.61. The minimum absolute atomic E-state index is 0.0820. The summed E-state index contributed by atoms with van der Waals surface area (Å²) in [5.41, 5.74) is 3.14. The fourth-order valence-corrected chi connectivity index (χ4v) is 3.46. The van der Waals surface area contributed by atoms with Gasteiger partial charge in [0.15, 0.2) is 0 Å². The highest BCUT2D eigenvalue weighted by Crippen LogP contribution is 2.22. The first-order valence-corrected chi connectivity index (χ1v) is 10.9. The van der Waals surface area contributed by atoms with Crippen molar-refractivity contribution in [3.8, 4) is 5.75 Å². The Labute approximate surface area is 187 Å². The zero-order valence-corrected chi connectivity index (χ0v) is 18.2. The molecule has 2 amide bonds. The molecule has 0 aromatic heterocycles. The number of allylic oxidation sites excluding steroid dienone is 1. The van der Waals surface area contributed by atoms with Gasteiger partial charge in [0.05, 0.1) is 6.61 Å². The van der Waals surface area contributed by atoms with Crippen LogP contribution in [-0.2, 0) is 16.1 Å². The number of ether oxygens (including phenoxy) is 2. The molecule has 0 aliphatic heterocycles. The summed E-state index contributed by atoms with van der Waals surface area (Å²) < 4.78 is 9.70. The largest absolute Gasteiger partial charge is 0.513 e. The van der Waals surface area contributed by atoms with Crippen LogP contribution in [0.4, 0.5) is 10.5 Å². The van der Waals surface area contributed by atoms with E-state index in [-0.39, 0.29) is 18.4 Å². The Morgan fingerprint density at radius 1 is 1.00 bits per heavy atom. The number of anilines is 1. The molecule has 0 spiro atoms. The van der Waals surface area contributed by atoms with Crippen molar-refractivity contribution in [2.24, 2.45) is 0 Å². The number of rotatable bonds is 7. The van der Waals surface area contributed by atoms with Crippen molar-refractivity contribution in [3.63, 3.8) is 0 Å². The number of benzene rings is 2. The number of amides is 2. The monoisotopic (exact) mass is 436 g/mol. The minimum atomic E-state index is -0.788. The van der Waals surface area contributed by atoms with Crippen LogP contribution in [-0.4, -0.2) is 24.6 Å². The summed E-state index contributed by atoms with van der Waals surface area (Å²) in [4.78, 5) is 36.0. The number of hydrogen-bond acceptors (Lipinski definition) is 5. The van der Waals surface area contributed by atoms with Crippen LogP contribution in [0, 0.1) is 0 Å². The Balaban J connectivity index is 1.53. The van der Waals surface area contributed by atoms with Crippen molar-refractivity contribution in [3.05, 3.63) is 71.3 Å². The van der Waals surface area contributed by atoms with E-state index < -0.39 is 6.16 Å². The standard InChI is InChI=1S/C25H28N2O5/c1-2-31-25(30)32-22-13-11-20(12-14-22)24(29)27-21-10-6-9-19(15-21)17-26-23(28)16-18-7-4-3-5-8-18/h6,9-16H,2-5,7-8,17H2,1H3,(H,26,28)(H,27,29). The molecule has 0 atom stereocenters. The molecular weight excluding hydrogens is 408 g/mol. The molecular formula is C25H28N2O5. The van der Waals surface area contributed by atoms with E-state index in [1.165, 1.54) is 24.1 Å². The molecule has 1 saturated carbocycles. The predicted octanol–water partition coefficient (Wildman–Crippen LogP) is 4.98. The molecule has 1 aliphatic carbocycles. The van der Waals surface area contributed by atoms with Gasteiger partial charge in [-0.3, -0.25) is 9.59 Å². The number of nitrogens with one attached hydrogen (secondary N) is 2. The third-order valence-corrected chi connectivity index (χ3v) is 5.06. The van der Waals surface area contributed by atoms with Gasteiger partial charge in [-0.25, -0.2) is 4.79 Å². The van der Waals surface area contributed by atoms with Crippen LogP contribution in [0.3, 0.4) is 0 Å². The van der Waals surface area contributed by atoms with Gasteiger partial charge in [-0.2, -0.15) is 0 Å². The van der Waals surface area contributed by atoms with Gasteiger partial charge >= 0.3 is 6.16 Å². The van der Waals surface area contributed by atoms with E-state index in [0.717, 1.165) is 31.2 Å². The van der Waals surface area contributed by atoms with Gasteiger partial charge in [-0.1, -0.05) is 24.1 Å². The number of hydrogen-bond donors (Lipinski definition) is 2. The van der Waals surface area contributed by atoms with Gasteiger partial charge in [0.2, 0.25) is 5.91 Å². The topological polar surface area (TPSA) is 93.7 Å². The molecule has 0 unspecified atom stereocenters. The van der Waals surface area contributed by atoms with Crippen molar-refractivity contribution in [1.82, 2.24) is 5.32 Å². The maximum atomic E-state index is 12.5. The van der Waals surface area contributed by atoms with Gasteiger partial charge in [-0.15, -0.1) is 0 Å². The van der Waals surface area contributed by atoms with Crippen LogP contribution in [0.2, 0.25) is 0 Å². The second-order valence-electron chi connectivity index (χ2n) is 7.55. The van der Waals surface area contributed by atoms with E-state index in [1.807, 2.05) is 18.2 Å². The molecule has 1 aliphatic rings. The highest BCUT2D eigenvalue weighted by atomic mass is 16.7. The van der Waals surface area contributed by atoms with Gasteiger partial charge in [0, 0.05) is 23.9 Å². The van der Waals surface area contributed by atoms with Crippen molar-refractivity contribution in [2.75, 3.05) is 11.9 Å². The molecule has 168 valence electrons. The SMILES string of the molecule is CCOC(=O)Oc1ccc(C(=O)Nc2cccc(CNC(=O)C=C3CCCCC3)c2)cc1. The fourth-order valence-electron chi connectivity index (χ4n) is 3.46. The predicted molar refractivity (Wildman–Crippen MR) is 122 cm³/mol. The molecule has 0 saturated heterocycles. The zero-order valence-electron chi connectivity index (χ0n) is 18.2. The van der Waals surface area contributed by atoms with E-state index in [1.54, 1.807) is 31.2 Å². The average molecular weight is 437 g/mol. The summed E-state index contributed by atoms with van der Waals surface area (Å²) >= 11 is 0. The van der Waals surface area contributed by atoms with E-state index in [9.17, 15) is 14.4 Å². The quantitative estimate of drug-likeness (QED) is 0.363. The third kappa shape index (κ3) is 7.27. The van der Waals surface area contributed by atoms with Crippen molar-refractivity contribution >= 4 is 23.7 Å². The van der Waals surface area contributed by atoms with Gasteiger partial charge in [-0.05, 0) is 74.6 Å². The average Bonchev–Trinajstić information content (AvgIpc) is 2.79. The lowest BCUT2D eigenvalue weighted by Gasteiger charge is -2.13. The summed E-state index contributed by atoms with van der Waals surface area (Å²) in [6, 6.07) is 13.5. The van der Waals surface area contributed by atoms with Crippen LogP contribution in [0.25, 0.3) is 0 Å². The summed E-state index contributed by atoms with van der Waals surface area (Å²) in [7, 11) is 0. The van der Waals surface area contributed by atoms with Gasteiger partial charge in [0.1, 0.15) is 5.75 Å². The minimum Gasteiger partial charge on any atom is -0.434 e. The summed E-state index contributed by atoms with van der Waals surface area (Å²) in [6.07, 6.45) is 6.49. The third-order valence-electron chi connectivity index (χ3n) is 5.06. The lowest BCUT2D eigenvalue weighted by molar-refractivity contribution is -0.116. The molecule has 7 heteroatoms. The number of carbonyl (C=O) groups is 3. The molecule has 0 bridgehead atoms. The fraction of sp³-hybridized carbons (Fsp3) is 0.320. The molecule has 0 heterocycles. The highest BCUT2D eigenvalue weighted by molar-refractivity contribution is 6.04. The first-order chi connectivity index (χ1) is 15.5. The van der Waals surface area contributed by atoms with Crippen LogP contribution in [0.1, 0.15) is 54.9 Å². The summed E-state index contributed by atoms with van der Waals surface area (Å²) in [6.45, 7) is 2.29. The van der Waals surface area contributed by atoms with E-state index in [0.29, 0.717) is 23.5 Å². The maximum absolute atomic E-state index is 12.5. The normalized spacial score (nSPS) is 13.1. The molecule has 2 N–H and O–H groups in total. The Morgan fingerprint density at radius 3 is 2.47 bits per heavy atom. The molecule has 2 aromatic carbocycles. The lowest BCUT2D eigenvalue weighted by Crippen LogP contribution is -2.21. The summed E-state index contributed by atoms with van der Waals surface area (Å²) in [5, 5.41) is 5.75. The Morgan fingerprint density at radius 2 is 1.75 bits per heavy atom. The van der Waals surface area contributed by atoms with E-state index in [4.69, 9.17) is 9.47 Å². The van der Waals surface area contributed by atoms with Gasteiger partial charge in [0.25, 0.3) is 5.91 Å². The molecule has 2 aromatic rings. The molecule has 1 fully saturated rings. The first kappa shape index (κ1) is 23.1. The molecule has 32 heavy (non-hydrogen) atoms. The molecule has 0 radical (unpaired) electrons. The Kier molecular flexibility index (Phi) is 8.43. The molecule has 3 rings (SSSR count). The van der Waals surface area contributed by atoms with E-state index >= 15 is 0 Å². The van der Waals surface area contributed by atoms with E-state index in [2.05, 4.69) is 10.6 Å².